The van der Waals surface area contributed by atoms with Crippen LogP contribution in [0.2, 0.25) is 5.02 Å². The second-order valence-electron chi connectivity index (χ2n) is 3.45. The first-order chi connectivity index (χ1) is 6.13. The van der Waals surface area contributed by atoms with Crippen LogP contribution in [0.3, 0.4) is 0 Å². The fraction of sp³-hybridized carbons (Fsp3) is 0.455. The zero-order valence-corrected chi connectivity index (χ0v) is 8.93. The van der Waals surface area contributed by atoms with Crippen molar-refractivity contribution >= 4 is 11.6 Å². The predicted molar refractivity (Wildman–Crippen MR) is 58.2 cm³/mol. The van der Waals surface area contributed by atoms with Gasteiger partial charge in [0.2, 0.25) is 0 Å². The van der Waals surface area contributed by atoms with E-state index in [1.807, 2.05) is 19.1 Å². The highest BCUT2D eigenvalue weighted by atomic mass is 35.5. The van der Waals surface area contributed by atoms with Gasteiger partial charge < -0.3 is 5.73 Å². The second kappa shape index (κ2) is 4.64. The van der Waals surface area contributed by atoms with Crippen LogP contribution in [0.1, 0.15) is 25.0 Å². The van der Waals surface area contributed by atoms with E-state index in [1.165, 1.54) is 11.1 Å². The van der Waals surface area contributed by atoms with E-state index < -0.39 is 0 Å². The van der Waals surface area contributed by atoms with Crippen molar-refractivity contribution in [1.29, 1.82) is 0 Å². The number of aryl methyl sites for hydroxylation is 1. The Labute approximate surface area is 84.9 Å². The molecule has 2 N–H and O–H groups in total. The molecule has 0 heterocycles. The van der Waals surface area contributed by atoms with Crippen LogP contribution in [0.25, 0.3) is 0 Å². The van der Waals surface area contributed by atoms with E-state index in [4.69, 9.17) is 17.3 Å². The van der Waals surface area contributed by atoms with Crippen LogP contribution in [0.5, 0.6) is 0 Å². The summed E-state index contributed by atoms with van der Waals surface area (Å²) in [5.41, 5.74) is 8.39. The van der Waals surface area contributed by atoms with Crippen LogP contribution in [0.4, 0.5) is 0 Å². The zero-order chi connectivity index (χ0) is 9.84. The average Bonchev–Trinajstić information content (AvgIpc) is 2.03. The Morgan fingerprint density at radius 1 is 1.38 bits per heavy atom. The van der Waals surface area contributed by atoms with Crippen molar-refractivity contribution in [3.63, 3.8) is 0 Å². The first kappa shape index (κ1) is 10.6. The maximum atomic E-state index is 5.92. The SMILES string of the molecule is CCc1ccc(Cl)cc1C[C@@H](C)N. The largest absolute Gasteiger partial charge is 0.328 e. The lowest BCUT2D eigenvalue weighted by molar-refractivity contribution is 0.732. The number of halogens is 1. The van der Waals surface area contributed by atoms with Crippen LogP contribution < -0.4 is 5.73 Å². The van der Waals surface area contributed by atoms with Crippen LogP contribution in [-0.4, -0.2) is 6.04 Å². The van der Waals surface area contributed by atoms with Gasteiger partial charge in [-0.05, 0) is 43.0 Å². The molecular weight excluding hydrogens is 182 g/mol. The van der Waals surface area contributed by atoms with E-state index in [0.29, 0.717) is 0 Å². The summed E-state index contributed by atoms with van der Waals surface area (Å²) in [6, 6.07) is 6.23. The summed E-state index contributed by atoms with van der Waals surface area (Å²) in [6.45, 7) is 4.16. The molecule has 0 aliphatic heterocycles. The van der Waals surface area contributed by atoms with Crippen LogP contribution in [0, 0.1) is 0 Å². The Hall–Kier alpha value is -0.530. The van der Waals surface area contributed by atoms with Crippen molar-refractivity contribution in [1.82, 2.24) is 0 Å². The summed E-state index contributed by atoms with van der Waals surface area (Å²) in [7, 11) is 0. The van der Waals surface area contributed by atoms with Gasteiger partial charge in [0.25, 0.3) is 0 Å². The third-order valence-electron chi connectivity index (χ3n) is 2.09. The molecule has 0 aromatic heterocycles. The first-order valence-corrected chi connectivity index (χ1v) is 5.04. The Balaban J connectivity index is 2.94. The summed E-state index contributed by atoms with van der Waals surface area (Å²) in [5, 5.41) is 0.799. The second-order valence-corrected chi connectivity index (χ2v) is 3.88. The highest BCUT2D eigenvalue weighted by Gasteiger charge is 2.03. The maximum absolute atomic E-state index is 5.92. The monoisotopic (exact) mass is 197 g/mol. The first-order valence-electron chi connectivity index (χ1n) is 4.66. The minimum Gasteiger partial charge on any atom is -0.328 e. The molecule has 13 heavy (non-hydrogen) atoms. The Kier molecular flexibility index (Phi) is 3.76. The lowest BCUT2D eigenvalue weighted by Crippen LogP contribution is -2.18. The number of rotatable bonds is 3. The molecule has 0 saturated carbocycles. The lowest BCUT2D eigenvalue weighted by atomic mass is 10.00. The van der Waals surface area contributed by atoms with Gasteiger partial charge in [-0.1, -0.05) is 24.6 Å². The predicted octanol–water partition coefficient (Wildman–Crippen LogP) is 2.79. The lowest BCUT2D eigenvalue weighted by Gasteiger charge is -2.10. The van der Waals surface area contributed by atoms with Crippen molar-refractivity contribution in [3.05, 3.63) is 34.3 Å². The minimum atomic E-state index is 0.198. The molecule has 0 aliphatic rings. The van der Waals surface area contributed by atoms with Crippen molar-refractivity contribution in [2.24, 2.45) is 5.73 Å². The van der Waals surface area contributed by atoms with Gasteiger partial charge >= 0.3 is 0 Å². The molecule has 0 amide bonds. The van der Waals surface area contributed by atoms with Crippen molar-refractivity contribution < 1.29 is 0 Å². The van der Waals surface area contributed by atoms with Crippen LogP contribution >= 0.6 is 11.6 Å². The molecule has 0 fully saturated rings. The molecule has 2 heteroatoms. The standard InChI is InChI=1S/C11H16ClN/c1-3-9-4-5-11(12)7-10(9)6-8(2)13/h4-5,7-8H,3,6,13H2,1-2H3/t8-/m1/s1. The molecule has 0 bridgehead atoms. The summed E-state index contributed by atoms with van der Waals surface area (Å²) in [6.07, 6.45) is 1.95. The average molecular weight is 198 g/mol. The Morgan fingerprint density at radius 2 is 2.08 bits per heavy atom. The fourth-order valence-corrected chi connectivity index (χ4v) is 1.67. The summed E-state index contributed by atoms with van der Waals surface area (Å²) < 4.78 is 0. The third-order valence-corrected chi connectivity index (χ3v) is 2.33. The van der Waals surface area contributed by atoms with E-state index in [-0.39, 0.29) is 6.04 Å². The third kappa shape index (κ3) is 3.02. The molecule has 0 radical (unpaired) electrons. The number of nitrogens with two attached hydrogens (primary N) is 1. The summed E-state index contributed by atoms with van der Waals surface area (Å²) in [4.78, 5) is 0. The van der Waals surface area contributed by atoms with Crippen LogP contribution in [0.15, 0.2) is 18.2 Å². The normalized spacial score (nSPS) is 12.9. The molecule has 0 saturated heterocycles. The van der Waals surface area contributed by atoms with Gasteiger partial charge in [0, 0.05) is 11.1 Å². The van der Waals surface area contributed by atoms with Crippen molar-refractivity contribution in [2.75, 3.05) is 0 Å². The molecule has 0 spiro atoms. The van der Waals surface area contributed by atoms with Crippen molar-refractivity contribution in [3.8, 4) is 0 Å². The maximum Gasteiger partial charge on any atom is 0.0408 e. The van der Waals surface area contributed by atoms with Gasteiger partial charge in [0.15, 0.2) is 0 Å². The van der Waals surface area contributed by atoms with Gasteiger partial charge in [-0.3, -0.25) is 0 Å². The quantitative estimate of drug-likeness (QED) is 0.793. The molecule has 1 aromatic carbocycles. The van der Waals surface area contributed by atoms with E-state index in [0.717, 1.165) is 17.9 Å². The van der Waals surface area contributed by atoms with Crippen molar-refractivity contribution in [2.45, 2.75) is 32.7 Å². The molecule has 0 unspecified atom stereocenters. The van der Waals surface area contributed by atoms with E-state index >= 15 is 0 Å². The van der Waals surface area contributed by atoms with Gasteiger partial charge in [-0.25, -0.2) is 0 Å². The number of hydrogen-bond donors (Lipinski definition) is 1. The minimum absolute atomic E-state index is 0.198. The highest BCUT2D eigenvalue weighted by Crippen LogP contribution is 2.17. The molecule has 1 rings (SSSR count). The van der Waals surface area contributed by atoms with Gasteiger partial charge in [0.05, 0.1) is 0 Å². The van der Waals surface area contributed by atoms with Gasteiger partial charge in [0.1, 0.15) is 0 Å². The molecule has 1 aromatic rings. The Bertz CT molecular complexity index is 281. The Morgan fingerprint density at radius 3 is 2.62 bits per heavy atom. The molecular formula is C11H16ClN. The van der Waals surface area contributed by atoms with Gasteiger partial charge in [-0.15, -0.1) is 0 Å². The summed E-state index contributed by atoms with van der Waals surface area (Å²) in [5.74, 6) is 0. The van der Waals surface area contributed by atoms with E-state index in [9.17, 15) is 0 Å². The van der Waals surface area contributed by atoms with E-state index in [2.05, 4.69) is 13.0 Å². The zero-order valence-electron chi connectivity index (χ0n) is 8.18. The number of benzene rings is 1. The molecule has 0 aliphatic carbocycles. The number of hydrogen-bond acceptors (Lipinski definition) is 1. The van der Waals surface area contributed by atoms with Crippen LogP contribution in [-0.2, 0) is 12.8 Å². The fourth-order valence-electron chi connectivity index (χ4n) is 1.48. The molecule has 1 nitrogen and oxygen atoms in total. The van der Waals surface area contributed by atoms with E-state index in [1.54, 1.807) is 0 Å². The smallest absolute Gasteiger partial charge is 0.0408 e. The summed E-state index contributed by atoms with van der Waals surface area (Å²) >= 11 is 5.92. The topological polar surface area (TPSA) is 26.0 Å². The highest BCUT2D eigenvalue weighted by molar-refractivity contribution is 6.30. The molecule has 1 atom stereocenters. The van der Waals surface area contributed by atoms with Gasteiger partial charge in [-0.2, -0.15) is 0 Å². The molecule has 72 valence electrons.